The number of anilines is 4. The average Bonchev–Trinajstić information content (AvgIpc) is 3.30. The van der Waals surface area contributed by atoms with Gasteiger partial charge in [-0.3, -0.25) is 4.79 Å². The number of rotatable bonds is 6. The molecule has 2 heterocycles. The lowest BCUT2D eigenvalue weighted by molar-refractivity contribution is -0.116. The first-order valence-electron chi connectivity index (χ1n) is 11.0. The van der Waals surface area contributed by atoms with Gasteiger partial charge in [-0.05, 0) is 87.6 Å². The third-order valence-electron chi connectivity index (χ3n) is 5.97. The van der Waals surface area contributed by atoms with E-state index in [9.17, 15) is 4.79 Å². The summed E-state index contributed by atoms with van der Waals surface area (Å²) in [5.74, 6) is -0.0284. The molecule has 2 aliphatic rings. The Balaban J connectivity index is 1.29. The molecular formula is C24H32N4O. The molecule has 1 atom stereocenters. The molecule has 2 fully saturated rings. The van der Waals surface area contributed by atoms with E-state index in [1.54, 1.807) is 0 Å². The van der Waals surface area contributed by atoms with Gasteiger partial charge in [-0.1, -0.05) is 0 Å². The highest BCUT2D eigenvalue weighted by atomic mass is 16.2. The third kappa shape index (κ3) is 5.03. The molecule has 0 unspecified atom stereocenters. The summed E-state index contributed by atoms with van der Waals surface area (Å²) in [7, 11) is 0. The quantitative estimate of drug-likeness (QED) is 0.747. The smallest absolute Gasteiger partial charge is 0.246 e. The van der Waals surface area contributed by atoms with E-state index in [1.807, 2.05) is 19.1 Å². The predicted octanol–water partition coefficient (Wildman–Crippen LogP) is 4.72. The Hall–Kier alpha value is -2.69. The summed E-state index contributed by atoms with van der Waals surface area (Å²) in [5, 5.41) is 6.32. The second-order valence-corrected chi connectivity index (χ2v) is 8.19. The first kappa shape index (κ1) is 19.6. The average molecular weight is 393 g/mol. The lowest BCUT2D eigenvalue weighted by Crippen LogP contribution is -2.32. The van der Waals surface area contributed by atoms with Crippen LogP contribution in [0.3, 0.4) is 0 Å². The fourth-order valence-corrected chi connectivity index (χ4v) is 4.22. The third-order valence-corrected chi connectivity index (χ3v) is 5.97. The van der Waals surface area contributed by atoms with Crippen molar-refractivity contribution in [3.63, 3.8) is 0 Å². The summed E-state index contributed by atoms with van der Waals surface area (Å²) in [4.78, 5) is 17.4. The zero-order valence-electron chi connectivity index (χ0n) is 17.4. The highest BCUT2D eigenvalue weighted by Gasteiger charge is 2.15. The summed E-state index contributed by atoms with van der Waals surface area (Å²) in [6.07, 6.45) is 6.41. The van der Waals surface area contributed by atoms with Crippen LogP contribution in [0.2, 0.25) is 0 Å². The number of piperidine rings is 1. The molecule has 1 amide bonds. The second-order valence-electron chi connectivity index (χ2n) is 8.19. The summed E-state index contributed by atoms with van der Waals surface area (Å²) >= 11 is 0. The van der Waals surface area contributed by atoms with E-state index in [4.69, 9.17) is 0 Å². The molecule has 4 rings (SSSR count). The lowest BCUT2D eigenvalue weighted by atomic mass is 10.1. The van der Waals surface area contributed by atoms with E-state index in [0.717, 1.165) is 37.6 Å². The Labute approximate surface area is 174 Å². The molecule has 0 spiro atoms. The molecular weight excluding hydrogens is 360 g/mol. The molecule has 0 saturated carbocycles. The minimum Gasteiger partial charge on any atom is -0.374 e. The normalized spacial score (nSPS) is 17.8. The van der Waals surface area contributed by atoms with Crippen LogP contribution in [-0.4, -0.2) is 38.1 Å². The minimum atomic E-state index is -0.311. The van der Waals surface area contributed by atoms with E-state index in [1.165, 1.54) is 43.5 Å². The maximum atomic E-state index is 12.6. The van der Waals surface area contributed by atoms with Crippen LogP contribution in [0, 0.1) is 0 Å². The molecule has 2 saturated heterocycles. The topological polar surface area (TPSA) is 47.6 Å². The van der Waals surface area contributed by atoms with Crippen molar-refractivity contribution in [3.05, 3.63) is 48.5 Å². The number of hydrogen-bond donors (Lipinski definition) is 2. The van der Waals surface area contributed by atoms with E-state index in [-0.39, 0.29) is 11.9 Å². The maximum Gasteiger partial charge on any atom is 0.246 e. The molecule has 2 aromatic carbocycles. The van der Waals surface area contributed by atoms with Crippen LogP contribution in [0.25, 0.3) is 0 Å². The summed E-state index contributed by atoms with van der Waals surface area (Å²) in [5.41, 5.74) is 4.32. The largest absolute Gasteiger partial charge is 0.374 e. The van der Waals surface area contributed by atoms with E-state index in [0.29, 0.717) is 0 Å². The van der Waals surface area contributed by atoms with Crippen LogP contribution >= 0.6 is 0 Å². The molecule has 2 aromatic rings. The lowest BCUT2D eigenvalue weighted by Gasteiger charge is -2.28. The van der Waals surface area contributed by atoms with Gasteiger partial charge < -0.3 is 20.4 Å². The van der Waals surface area contributed by atoms with Gasteiger partial charge in [0.15, 0.2) is 0 Å². The van der Waals surface area contributed by atoms with Crippen molar-refractivity contribution in [2.75, 3.05) is 46.6 Å². The first-order valence-corrected chi connectivity index (χ1v) is 11.0. The van der Waals surface area contributed by atoms with Gasteiger partial charge >= 0.3 is 0 Å². The molecule has 0 aromatic heterocycles. The Bertz CT molecular complexity index is 791. The number of hydrogen-bond acceptors (Lipinski definition) is 4. The highest BCUT2D eigenvalue weighted by Crippen LogP contribution is 2.23. The fraction of sp³-hybridized carbons (Fsp3) is 0.458. The molecule has 0 bridgehead atoms. The Morgan fingerprint density at radius 3 is 1.69 bits per heavy atom. The van der Waals surface area contributed by atoms with Crippen LogP contribution in [-0.2, 0) is 4.79 Å². The molecule has 5 heteroatoms. The first-order chi connectivity index (χ1) is 14.2. The Morgan fingerprint density at radius 2 is 1.17 bits per heavy atom. The number of benzene rings is 2. The van der Waals surface area contributed by atoms with Crippen molar-refractivity contribution in [2.45, 2.75) is 45.1 Å². The molecule has 5 nitrogen and oxygen atoms in total. The summed E-state index contributed by atoms with van der Waals surface area (Å²) < 4.78 is 0. The number of carbonyl (C=O) groups is 1. The van der Waals surface area contributed by atoms with E-state index in [2.05, 4.69) is 56.8 Å². The van der Waals surface area contributed by atoms with Gasteiger partial charge in [0, 0.05) is 48.9 Å². The Kier molecular flexibility index (Phi) is 6.23. The van der Waals surface area contributed by atoms with Crippen LogP contribution < -0.4 is 20.4 Å². The maximum absolute atomic E-state index is 12.6. The standard InChI is InChI=1S/C24H32N4O/c1-19(25-20-7-11-22(12-8-20)28-17-5-6-18-28)24(29)26-21-9-13-23(14-10-21)27-15-3-2-4-16-27/h7-14,19,25H,2-6,15-18H2,1H3,(H,26,29)/t19-/m0/s1. The summed E-state index contributed by atoms with van der Waals surface area (Å²) in [6, 6.07) is 16.3. The number of amides is 1. The van der Waals surface area contributed by atoms with Crippen LogP contribution in [0.5, 0.6) is 0 Å². The fourth-order valence-electron chi connectivity index (χ4n) is 4.22. The SMILES string of the molecule is C[C@H](Nc1ccc(N2CCCC2)cc1)C(=O)Nc1ccc(N2CCCCC2)cc1. The molecule has 2 aliphatic heterocycles. The Morgan fingerprint density at radius 1 is 0.724 bits per heavy atom. The van der Waals surface area contributed by atoms with Gasteiger partial charge in [-0.2, -0.15) is 0 Å². The van der Waals surface area contributed by atoms with E-state index < -0.39 is 0 Å². The van der Waals surface area contributed by atoms with Gasteiger partial charge in [-0.15, -0.1) is 0 Å². The van der Waals surface area contributed by atoms with Gasteiger partial charge in [0.2, 0.25) is 5.91 Å². The molecule has 0 radical (unpaired) electrons. The van der Waals surface area contributed by atoms with Crippen molar-refractivity contribution >= 4 is 28.7 Å². The molecule has 0 aliphatic carbocycles. The van der Waals surface area contributed by atoms with Crippen molar-refractivity contribution in [3.8, 4) is 0 Å². The zero-order chi connectivity index (χ0) is 20.1. The van der Waals surface area contributed by atoms with Crippen molar-refractivity contribution < 1.29 is 4.79 Å². The van der Waals surface area contributed by atoms with Crippen LogP contribution in [0.4, 0.5) is 22.7 Å². The minimum absolute atomic E-state index is 0.0284. The van der Waals surface area contributed by atoms with E-state index >= 15 is 0 Å². The summed E-state index contributed by atoms with van der Waals surface area (Å²) in [6.45, 7) is 6.43. The van der Waals surface area contributed by atoms with Gasteiger partial charge in [0.1, 0.15) is 6.04 Å². The van der Waals surface area contributed by atoms with Crippen LogP contribution in [0.1, 0.15) is 39.0 Å². The second kappa shape index (κ2) is 9.21. The van der Waals surface area contributed by atoms with Gasteiger partial charge in [0.05, 0.1) is 0 Å². The number of carbonyl (C=O) groups excluding carboxylic acids is 1. The number of nitrogens with zero attached hydrogens (tertiary/aromatic N) is 2. The molecule has 29 heavy (non-hydrogen) atoms. The van der Waals surface area contributed by atoms with Crippen molar-refractivity contribution in [2.24, 2.45) is 0 Å². The number of nitrogens with one attached hydrogen (secondary N) is 2. The zero-order valence-corrected chi connectivity index (χ0v) is 17.4. The van der Waals surface area contributed by atoms with Crippen molar-refractivity contribution in [1.29, 1.82) is 0 Å². The molecule has 154 valence electrons. The van der Waals surface area contributed by atoms with Gasteiger partial charge in [-0.25, -0.2) is 0 Å². The van der Waals surface area contributed by atoms with Gasteiger partial charge in [0.25, 0.3) is 0 Å². The predicted molar refractivity (Wildman–Crippen MR) is 122 cm³/mol. The highest BCUT2D eigenvalue weighted by molar-refractivity contribution is 5.96. The monoisotopic (exact) mass is 392 g/mol. The van der Waals surface area contributed by atoms with Crippen molar-refractivity contribution in [1.82, 2.24) is 0 Å². The molecule has 2 N–H and O–H groups in total. The van der Waals surface area contributed by atoms with Crippen LogP contribution in [0.15, 0.2) is 48.5 Å².